The number of carbonyl (C=O) groups excluding carboxylic acids is 1. The van der Waals surface area contributed by atoms with Crippen molar-refractivity contribution in [3.8, 4) is 11.4 Å². The number of rotatable bonds is 9. The standard InChI is InChI=1S/C19H22N6O4S/c1-14(13-29-2)23-30(27,28)17-10-8-16(9-11-17)20-18(26)12-25-22-19(21-24-25)15-6-4-3-5-7-15/h3-11,14,23H,12-13H2,1-2H3,(H,20,26). The number of ether oxygens (including phenoxy) is 1. The number of methoxy groups -OCH3 is 1. The summed E-state index contributed by atoms with van der Waals surface area (Å²) in [5, 5.41) is 14.7. The number of benzene rings is 2. The molecule has 2 aromatic carbocycles. The van der Waals surface area contributed by atoms with Crippen molar-refractivity contribution in [2.24, 2.45) is 0 Å². The fourth-order valence-electron chi connectivity index (χ4n) is 2.68. The fraction of sp³-hybridized carbons (Fsp3) is 0.263. The van der Waals surface area contributed by atoms with Gasteiger partial charge < -0.3 is 10.1 Å². The zero-order valence-corrected chi connectivity index (χ0v) is 17.3. The van der Waals surface area contributed by atoms with Crippen LogP contribution < -0.4 is 10.0 Å². The highest BCUT2D eigenvalue weighted by Gasteiger charge is 2.17. The maximum absolute atomic E-state index is 12.3. The van der Waals surface area contributed by atoms with E-state index in [-0.39, 0.29) is 30.0 Å². The lowest BCUT2D eigenvalue weighted by Crippen LogP contribution is -2.35. The van der Waals surface area contributed by atoms with E-state index in [1.807, 2.05) is 30.3 Å². The van der Waals surface area contributed by atoms with Gasteiger partial charge in [-0.3, -0.25) is 4.79 Å². The lowest BCUT2D eigenvalue weighted by molar-refractivity contribution is -0.117. The molecular weight excluding hydrogens is 408 g/mol. The molecule has 1 heterocycles. The van der Waals surface area contributed by atoms with Gasteiger partial charge in [-0.15, -0.1) is 10.2 Å². The normalized spacial score (nSPS) is 12.5. The molecule has 1 atom stereocenters. The molecule has 1 amide bonds. The molecule has 0 aliphatic heterocycles. The molecule has 10 nitrogen and oxygen atoms in total. The van der Waals surface area contributed by atoms with Gasteiger partial charge in [0.2, 0.25) is 21.8 Å². The first-order chi connectivity index (χ1) is 14.4. The maximum atomic E-state index is 12.3. The largest absolute Gasteiger partial charge is 0.383 e. The van der Waals surface area contributed by atoms with E-state index >= 15 is 0 Å². The van der Waals surface area contributed by atoms with E-state index < -0.39 is 10.0 Å². The Bertz CT molecular complexity index is 1080. The summed E-state index contributed by atoms with van der Waals surface area (Å²) in [6.45, 7) is 1.84. The minimum absolute atomic E-state index is 0.0916. The van der Waals surface area contributed by atoms with Gasteiger partial charge in [0.05, 0.1) is 11.5 Å². The van der Waals surface area contributed by atoms with Gasteiger partial charge in [-0.1, -0.05) is 30.3 Å². The van der Waals surface area contributed by atoms with Gasteiger partial charge in [-0.25, -0.2) is 13.1 Å². The molecule has 0 spiro atoms. The van der Waals surface area contributed by atoms with Crippen molar-refractivity contribution in [1.29, 1.82) is 0 Å². The topological polar surface area (TPSA) is 128 Å². The van der Waals surface area contributed by atoms with E-state index in [0.717, 1.165) is 5.56 Å². The Morgan fingerprint density at radius 1 is 1.13 bits per heavy atom. The van der Waals surface area contributed by atoms with Crippen LogP contribution in [0.4, 0.5) is 5.69 Å². The molecule has 3 rings (SSSR count). The molecule has 158 valence electrons. The Labute approximate surface area is 174 Å². The van der Waals surface area contributed by atoms with Crippen LogP contribution in [-0.4, -0.2) is 54.3 Å². The molecule has 0 saturated carbocycles. The Balaban J connectivity index is 1.59. The summed E-state index contributed by atoms with van der Waals surface area (Å²) in [5.41, 5.74) is 1.25. The maximum Gasteiger partial charge on any atom is 0.248 e. The van der Waals surface area contributed by atoms with E-state index in [1.54, 1.807) is 6.92 Å². The number of sulfonamides is 1. The summed E-state index contributed by atoms with van der Waals surface area (Å²) in [4.78, 5) is 13.5. The SMILES string of the molecule is COCC(C)NS(=O)(=O)c1ccc(NC(=O)Cn2nnc(-c3ccccc3)n2)cc1. The van der Waals surface area contributed by atoms with Crippen LogP contribution in [0.5, 0.6) is 0 Å². The highest BCUT2D eigenvalue weighted by atomic mass is 32.2. The number of aromatic nitrogens is 4. The van der Waals surface area contributed by atoms with Crippen LogP contribution in [0, 0.1) is 0 Å². The molecule has 0 aliphatic carbocycles. The van der Waals surface area contributed by atoms with E-state index in [2.05, 4.69) is 25.4 Å². The number of tetrazole rings is 1. The first-order valence-electron chi connectivity index (χ1n) is 9.12. The highest BCUT2D eigenvalue weighted by Crippen LogP contribution is 2.15. The number of hydrogen-bond donors (Lipinski definition) is 2. The third-order valence-corrected chi connectivity index (χ3v) is 5.60. The molecule has 3 aromatic rings. The third-order valence-electron chi connectivity index (χ3n) is 3.99. The zero-order valence-electron chi connectivity index (χ0n) is 16.5. The first kappa shape index (κ1) is 21.6. The summed E-state index contributed by atoms with van der Waals surface area (Å²) in [5.74, 6) is 0.0580. The van der Waals surface area contributed by atoms with Crippen molar-refractivity contribution >= 4 is 21.6 Å². The molecule has 0 saturated heterocycles. The Kier molecular flexibility index (Phi) is 6.87. The Hall–Kier alpha value is -3.15. The molecule has 2 N–H and O–H groups in total. The van der Waals surface area contributed by atoms with Gasteiger partial charge in [-0.05, 0) is 36.4 Å². The summed E-state index contributed by atoms with van der Waals surface area (Å²) in [6, 6.07) is 14.8. The van der Waals surface area contributed by atoms with Crippen LogP contribution in [0.3, 0.4) is 0 Å². The molecule has 0 aliphatic rings. The van der Waals surface area contributed by atoms with E-state index in [1.165, 1.54) is 36.2 Å². The quantitative estimate of drug-likeness (QED) is 0.523. The number of anilines is 1. The second-order valence-corrected chi connectivity index (χ2v) is 8.27. The summed E-state index contributed by atoms with van der Waals surface area (Å²) in [6.07, 6.45) is 0. The van der Waals surface area contributed by atoms with Crippen LogP contribution >= 0.6 is 0 Å². The first-order valence-corrected chi connectivity index (χ1v) is 10.6. The molecule has 1 unspecified atom stereocenters. The van der Waals surface area contributed by atoms with E-state index in [9.17, 15) is 13.2 Å². The van der Waals surface area contributed by atoms with Gasteiger partial charge >= 0.3 is 0 Å². The van der Waals surface area contributed by atoms with E-state index in [4.69, 9.17) is 4.74 Å². The van der Waals surface area contributed by atoms with Crippen LogP contribution in [-0.2, 0) is 26.1 Å². The van der Waals surface area contributed by atoms with Crippen molar-refractivity contribution in [1.82, 2.24) is 24.9 Å². The van der Waals surface area contributed by atoms with Crippen molar-refractivity contribution in [3.63, 3.8) is 0 Å². The summed E-state index contributed by atoms with van der Waals surface area (Å²) in [7, 11) is -2.17. The zero-order chi connectivity index (χ0) is 21.6. The van der Waals surface area contributed by atoms with E-state index in [0.29, 0.717) is 11.5 Å². The number of nitrogens with zero attached hydrogens (tertiary/aromatic N) is 4. The second-order valence-electron chi connectivity index (χ2n) is 6.56. The van der Waals surface area contributed by atoms with Crippen LogP contribution in [0.25, 0.3) is 11.4 Å². The monoisotopic (exact) mass is 430 g/mol. The average molecular weight is 430 g/mol. The highest BCUT2D eigenvalue weighted by molar-refractivity contribution is 7.89. The molecular formula is C19H22N6O4S. The van der Waals surface area contributed by atoms with Crippen LogP contribution in [0.2, 0.25) is 0 Å². The van der Waals surface area contributed by atoms with Crippen LogP contribution in [0.1, 0.15) is 6.92 Å². The number of carbonyl (C=O) groups is 1. The predicted molar refractivity (Wildman–Crippen MR) is 110 cm³/mol. The van der Waals surface area contributed by atoms with Crippen molar-refractivity contribution in [2.45, 2.75) is 24.4 Å². The molecule has 0 radical (unpaired) electrons. The molecule has 0 fully saturated rings. The van der Waals surface area contributed by atoms with Gasteiger partial charge in [0.1, 0.15) is 6.54 Å². The summed E-state index contributed by atoms with van der Waals surface area (Å²) < 4.78 is 32.1. The smallest absolute Gasteiger partial charge is 0.248 e. The van der Waals surface area contributed by atoms with Crippen molar-refractivity contribution in [3.05, 3.63) is 54.6 Å². The molecule has 1 aromatic heterocycles. The lowest BCUT2D eigenvalue weighted by Gasteiger charge is -2.13. The summed E-state index contributed by atoms with van der Waals surface area (Å²) >= 11 is 0. The number of amides is 1. The van der Waals surface area contributed by atoms with Gasteiger partial charge in [0.15, 0.2) is 0 Å². The minimum Gasteiger partial charge on any atom is -0.383 e. The predicted octanol–water partition coefficient (Wildman–Crippen LogP) is 1.29. The van der Waals surface area contributed by atoms with Gasteiger partial charge in [0, 0.05) is 24.4 Å². The average Bonchev–Trinajstić information content (AvgIpc) is 3.17. The van der Waals surface area contributed by atoms with Gasteiger partial charge in [-0.2, -0.15) is 4.80 Å². The number of hydrogen-bond acceptors (Lipinski definition) is 7. The van der Waals surface area contributed by atoms with Gasteiger partial charge in [0.25, 0.3) is 0 Å². The Morgan fingerprint density at radius 2 is 1.83 bits per heavy atom. The van der Waals surface area contributed by atoms with Crippen LogP contribution in [0.15, 0.2) is 59.5 Å². The minimum atomic E-state index is -3.67. The molecule has 11 heteroatoms. The number of nitrogens with one attached hydrogen (secondary N) is 2. The third kappa shape index (κ3) is 5.69. The van der Waals surface area contributed by atoms with Crippen molar-refractivity contribution in [2.75, 3.05) is 19.0 Å². The fourth-order valence-corrected chi connectivity index (χ4v) is 3.90. The molecule has 0 bridgehead atoms. The second kappa shape index (κ2) is 9.57. The van der Waals surface area contributed by atoms with Crippen molar-refractivity contribution < 1.29 is 17.9 Å². The Morgan fingerprint density at radius 3 is 2.50 bits per heavy atom. The lowest BCUT2D eigenvalue weighted by atomic mass is 10.2. The molecule has 30 heavy (non-hydrogen) atoms.